The van der Waals surface area contributed by atoms with Crippen LogP contribution in [0.5, 0.6) is 0 Å². The van der Waals surface area contributed by atoms with E-state index in [1.807, 2.05) is 38.4 Å². The molecule has 1 aromatic heterocycles. The predicted molar refractivity (Wildman–Crippen MR) is 84.3 cm³/mol. The maximum atomic E-state index is 11.2. The molecule has 0 unspecified atom stereocenters. The molecule has 0 aliphatic heterocycles. The summed E-state index contributed by atoms with van der Waals surface area (Å²) in [7, 11) is 0. The summed E-state index contributed by atoms with van der Waals surface area (Å²) in [4.78, 5) is 15.7. The molecule has 1 aromatic rings. The van der Waals surface area contributed by atoms with Crippen molar-refractivity contribution in [3.63, 3.8) is 0 Å². The van der Waals surface area contributed by atoms with Crippen molar-refractivity contribution in [2.75, 3.05) is 26.2 Å². The topological polar surface area (TPSA) is 67.7 Å². The molecule has 0 aliphatic rings. The van der Waals surface area contributed by atoms with E-state index in [-0.39, 0.29) is 5.97 Å². The Hall–Kier alpha value is -1.98. The molecular weight excluding hydrogens is 268 g/mol. The van der Waals surface area contributed by atoms with Gasteiger partial charge in [0.25, 0.3) is 0 Å². The van der Waals surface area contributed by atoms with Crippen LogP contribution >= 0.6 is 0 Å². The Bertz CT molecular complexity index is 415. The Morgan fingerprint density at radius 2 is 2.00 bits per heavy atom. The molecule has 1 heterocycles. The number of aromatic nitrogens is 1. The first-order chi connectivity index (χ1) is 10.3. The van der Waals surface area contributed by atoms with Crippen molar-refractivity contribution in [2.45, 2.75) is 33.2 Å². The second-order valence-corrected chi connectivity index (χ2v) is 4.52. The van der Waals surface area contributed by atoms with Crippen LogP contribution in [0.1, 0.15) is 26.7 Å². The molecular formula is C15H26N4O2. The SMILES string of the molecule is CCNC(=NCCCC(=O)OCC)NCCn1cccc1. The molecule has 0 atom stereocenters. The number of hydrogen-bond acceptors (Lipinski definition) is 3. The van der Waals surface area contributed by atoms with Crippen LogP contribution in [0.4, 0.5) is 0 Å². The first kappa shape index (κ1) is 17.1. The lowest BCUT2D eigenvalue weighted by molar-refractivity contribution is -0.143. The Morgan fingerprint density at radius 1 is 1.24 bits per heavy atom. The van der Waals surface area contributed by atoms with Crippen molar-refractivity contribution >= 4 is 11.9 Å². The first-order valence-electron chi connectivity index (χ1n) is 7.54. The van der Waals surface area contributed by atoms with Gasteiger partial charge < -0.3 is 19.9 Å². The van der Waals surface area contributed by atoms with E-state index >= 15 is 0 Å². The highest BCUT2D eigenvalue weighted by Crippen LogP contribution is 1.93. The number of aliphatic imine (C=N–C) groups is 1. The maximum absolute atomic E-state index is 11.2. The average Bonchev–Trinajstić information content (AvgIpc) is 2.97. The molecule has 118 valence electrons. The van der Waals surface area contributed by atoms with Gasteiger partial charge in [0.05, 0.1) is 6.61 Å². The van der Waals surface area contributed by atoms with Gasteiger partial charge in [-0.1, -0.05) is 0 Å². The van der Waals surface area contributed by atoms with E-state index < -0.39 is 0 Å². The Balaban J connectivity index is 2.23. The maximum Gasteiger partial charge on any atom is 0.305 e. The molecule has 6 nitrogen and oxygen atoms in total. The fraction of sp³-hybridized carbons (Fsp3) is 0.600. The van der Waals surface area contributed by atoms with Crippen molar-refractivity contribution in [3.05, 3.63) is 24.5 Å². The number of hydrogen-bond donors (Lipinski definition) is 2. The minimum Gasteiger partial charge on any atom is -0.466 e. The lowest BCUT2D eigenvalue weighted by Gasteiger charge is -2.11. The molecule has 0 radical (unpaired) electrons. The number of carbonyl (C=O) groups excluding carboxylic acids is 1. The van der Waals surface area contributed by atoms with Gasteiger partial charge in [0, 0.05) is 45.0 Å². The third-order valence-corrected chi connectivity index (χ3v) is 2.79. The molecule has 21 heavy (non-hydrogen) atoms. The van der Waals surface area contributed by atoms with E-state index in [1.165, 1.54) is 0 Å². The number of esters is 1. The minimum absolute atomic E-state index is 0.154. The van der Waals surface area contributed by atoms with E-state index in [0.717, 1.165) is 25.6 Å². The lowest BCUT2D eigenvalue weighted by Crippen LogP contribution is -2.38. The van der Waals surface area contributed by atoms with E-state index in [9.17, 15) is 4.79 Å². The van der Waals surface area contributed by atoms with Crippen molar-refractivity contribution < 1.29 is 9.53 Å². The van der Waals surface area contributed by atoms with Gasteiger partial charge in [-0.2, -0.15) is 0 Å². The zero-order valence-electron chi connectivity index (χ0n) is 13.0. The average molecular weight is 294 g/mol. The van der Waals surface area contributed by atoms with Crippen LogP contribution in [0.15, 0.2) is 29.5 Å². The van der Waals surface area contributed by atoms with Crippen LogP contribution in [-0.2, 0) is 16.1 Å². The van der Waals surface area contributed by atoms with Gasteiger partial charge in [0.2, 0.25) is 0 Å². The van der Waals surface area contributed by atoms with E-state index in [1.54, 1.807) is 0 Å². The van der Waals surface area contributed by atoms with Crippen molar-refractivity contribution in [1.29, 1.82) is 0 Å². The second kappa shape index (κ2) is 10.8. The van der Waals surface area contributed by atoms with Crippen LogP contribution < -0.4 is 10.6 Å². The van der Waals surface area contributed by atoms with Crippen LogP contribution in [0.3, 0.4) is 0 Å². The monoisotopic (exact) mass is 294 g/mol. The summed E-state index contributed by atoms with van der Waals surface area (Å²) in [5.74, 6) is 0.631. The first-order valence-corrected chi connectivity index (χ1v) is 7.54. The van der Waals surface area contributed by atoms with Crippen LogP contribution in [-0.4, -0.2) is 42.7 Å². The third kappa shape index (κ3) is 8.02. The van der Waals surface area contributed by atoms with Gasteiger partial charge in [-0.3, -0.25) is 9.79 Å². The summed E-state index contributed by atoms with van der Waals surface area (Å²) in [6.45, 7) is 7.39. The van der Waals surface area contributed by atoms with Crippen molar-refractivity contribution in [3.8, 4) is 0 Å². The largest absolute Gasteiger partial charge is 0.466 e. The number of ether oxygens (including phenoxy) is 1. The Morgan fingerprint density at radius 3 is 2.67 bits per heavy atom. The summed E-state index contributed by atoms with van der Waals surface area (Å²) in [6, 6.07) is 4.02. The molecule has 2 N–H and O–H groups in total. The number of guanidine groups is 1. The normalized spacial score (nSPS) is 11.2. The molecule has 0 aromatic carbocycles. The molecule has 0 saturated heterocycles. The van der Waals surface area contributed by atoms with Gasteiger partial charge in [0.1, 0.15) is 0 Å². The molecule has 1 rings (SSSR count). The molecule has 6 heteroatoms. The van der Waals surface area contributed by atoms with Gasteiger partial charge >= 0.3 is 5.97 Å². The number of nitrogens with zero attached hydrogens (tertiary/aromatic N) is 2. The highest BCUT2D eigenvalue weighted by atomic mass is 16.5. The van der Waals surface area contributed by atoms with E-state index in [4.69, 9.17) is 4.74 Å². The van der Waals surface area contributed by atoms with Gasteiger partial charge in [-0.25, -0.2) is 0 Å². The quantitative estimate of drug-likeness (QED) is 0.312. The summed E-state index contributed by atoms with van der Waals surface area (Å²) >= 11 is 0. The minimum atomic E-state index is -0.154. The van der Waals surface area contributed by atoms with E-state index in [2.05, 4.69) is 20.2 Å². The molecule has 0 amide bonds. The van der Waals surface area contributed by atoms with Crippen LogP contribution in [0.2, 0.25) is 0 Å². The zero-order chi connectivity index (χ0) is 15.3. The van der Waals surface area contributed by atoms with Crippen LogP contribution in [0.25, 0.3) is 0 Å². The molecule has 0 spiro atoms. The summed E-state index contributed by atoms with van der Waals surface area (Å²) in [5.41, 5.74) is 0. The molecule has 0 saturated carbocycles. The number of carbonyl (C=O) groups is 1. The van der Waals surface area contributed by atoms with E-state index in [0.29, 0.717) is 26.0 Å². The fourth-order valence-electron chi connectivity index (χ4n) is 1.81. The highest BCUT2D eigenvalue weighted by Gasteiger charge is 2.01. The third-order valence-electron chi connectivity index (χ3n) is 2.79. The summed E-state index contributed by atoms with van der Waals surface area (Å²) in [6.07, 6.45) is 5.18. The molecule has 0 bridgehead atoms. The smallest absolute Gasteiger partial charge is 0.305 e. The van der Waals surface area contributed by atoms with Gasteiger partial charge in [-0.15, -0.1) is 0 Å². The Kier molecular flexibility index (Phi) is 8.75. The number of nitrogens with one attached hydrogen (secondary N) is 2. The van der Waals surface area contributed by atoms with Crippen molar-refractivity contribution in [1.82, 2.24) is 15.2 Å². The van der Waals surface area contributed by atoms with Crippen molar-refractivity contribution in [2.24, 2.45) is 4.99 Å². The fourth-order valence-corrected chi connectivity index (χ4v) is 1.81. The number of rotatable bonds is 9. The molecule has 0 fully saturated rings. The second-order valence-electron chi connectivity index (χ2n) is 4.52. The highest BCUT2D eigenvalue weighted by molar-refractivity contribution is 5.79. The van der Waals surface area contributed by atoms with Gasteiger partial charge in [-0.05, 0) is 32.4 Å². The zero-order valence-corrected chi connectivity index (χ0v) is 13.0. The van der Waals surface area contributed by atoms with Gasteiger partial charge in [0.15, 0.2) is 5.96 Å². The molecule has 0 aliphatic carbocycles. The Labute approximate surface area is 126 Å². The predicted octanol–water partition coefficient (Wildman–Crippen LogP) is 1.39. The summed E-state index contributed by atoms with van der Waals surface area (Å²) < 4.78 is 6.99. The van der Waals surface area contributed by atoms with Crippen LogP contribution in [0, 0.1) is 0 Å². The standard InChI is InChI=1S/C15H26N4O2/c1-3-16-15(17-9-7-8-14(20)21-4-2)18-10-13-19-11-5-6-12-19/h5-6,11-12H,3-4,7-10,13H2,1-2H3,(H2,16,17,18). The lowest BCUT2D eigenvalue weighted by atomic mass is 10.3. The summed E-state index contributed by atoms with van der Waals surface area (Å²) in [5, 5.41) is 6.46.